The van der Waals surface area contributed by atoms with Gasteiger partial charge in [0, 0.05) is 12.6 Å². The van der Waals surface area contributed by atoms with Gasteiger partial charge in [-0.15, -0.1) is 24.8 Å². The summed E-state index contributed by atoms with van der Waals surface area (Å²) in [5.41, 5.74) is 5.69. The van der Waals surface area contributed by atoms with E-state index in [1.807, 2.05) is 0 Å². The van der Waals surface area contributed by atoms with Gasteiger partial charge >= 0.3 is 0 Å². The third-order valence-corrected chi connectivity index (χ3v) is 1.94. The molecule has 0 spiro atoms. The summed E-state index contributed by atoms with van der Waals surface area (Å²) >= 11 is 0. The van der Waals surface area contributed by atoms with Crippen molar-refractivity contribution in [3.63, 3.8) is 0 Å². The van der Waals surface area contributed by atoms with Gasteiger partial charge in [-0.3, -0.25) is 0 Å². The van der Waals surface area contributed by atoms with E-state index in [9.17, 15) is 0 Å². The highest BCUT2D eigenvalue weighted by Crippen LogP contribution is 2.15. The van der Waals surface area contributed by atoms with E-state index in [0.29, 0.717) is 12.0 Å². The maximum Gasteiger partial charge on any atom is 0.0508 e. The lowest BCUT2D eigenvalue weighted by Gasteiger charge is -2.24. The van der Waals surface area contributed by atoms with E-state index in [2.05, 4.69) is 6.92 Å². The van der Waals surface area contributed by atoms with Gasteiger partial charge in [-0.1, -0.05) is 0 Å². The van der Waals surface area contributed by atoms with Crippen molar-refractivity contribution >= 4 is 24.8 Å². The quantitative estimate of drug-likeness (QED) is 0.700. The van der Waals surface area contributed by atoms with E-state index in [-0.39, 0.29) is 24.8 Å². The molecular weight excluding hydrogens is 185 g/mol. The molecule has 1 rings (SSSR count). The number of rotatable bonds is 1. The fourth-order valence-electron chi connectivity index (χ4n) is 1.18. The monoisotopic (exact) mass is 201 g/mol. The highest BCUT2D eigenvalue weighted by Gasteiger charge is 2.16. The molecule has 2 unspecified atom stereocenters. The fourth-order valence-corrected chi connectivity index (χ4v) is 1.18. The zero-order chi connectivity index (χ0) is 6.69. The molecular formula is C7H17Cl2NO. The minimum absolute atomic E-state index is 0. The van der Waals surface area contributed by atoms with Crippen molar-refractivity contribution in [2.24, 2.45) is 11.7 Å². The predicted molar refractivity (Wildman–Crippen MR) is 51.7 cm³/mol. The summed E-state index contributed by atoms with van der Waals surface area (Å²) in [6.07, 6.45) is 2.43. The Labute approximate surface area is 80.7 Å². The van der Waals surface area contributed by atoms with Crippen molar-refractivity contribution in [3.05, 3.63) is 0 Å². The summed E-state index contributed by atoms with van der Waals surface area (Å²) in [5, 5.41) is 0. The molecule has 0 radical (unpaired) electrons. The maximum atomic E-state index is 5.69. The van der Waals surface area contributed by atoms with Crippen LogP contribution in [0.5, 0.6) is 0 Å². The molecule has 2 atom stereocenters. The molecule has 2 N–H and O–H groups in total. The molecule has 1 aliphatic heterocycles. The van der Waals surface area contributed by atoms with E-state index in [1.54, 1.807) is 0 Å². The van der Waals surface area contributed by atoms with Crippen molar-refractivity contribution in [1.29, 1.82) is 0 Å². The Bertz CT molecular complexity index is 84.5. The fraction of sp³-hybridized carbons (Fsp3) is 1.00. The van der Waals surface area contributed by atoms with E-state index in [0.717, 1.165) is 13.2 Å². The highest BCUT2D eigenvalue weighted by atomic mass is 35.5. The number of ether oxygens (including phenoxy) is 1. The van der Waals surface area contributed by atoms with Crippen LogP contribution < -0.4 is 5.73 Å². The first-order valence-electron chi connectivity index (χ1n) is 3.64. The first-order chi connectivity index (χ1) is 4.30. The van der Waals surface area contributed by atoms with Crippen LogP contribution in [0.4, 0.5) is 0 Å². The molecule has 0 aromatic carbocycles. The summed E-state index contributed by atoms with van der Waals surface area (Å²) in [4.78, 5) is 0. The van der Waals surface area contributed by atoms with Crippen LogP contribution in [0, 0.1) is 5.92 Å². The minimum Gasteiger partial charge on any atom is -0.381 e. The topological polar surface area (TPSA) is 35.2 Å². The summed E-state index contributed by atoms with van der Waals surface area (Å²) < 4.78 is 5.26. The van der Waals surface area contributed by atoms with Gasteiger partial charge in [-0.2, -0.15) is 0 Å². The zero-order valence-electron chi connectivity index (χ0n) is 6.79. The second-order valence-corrected chi connectivity index (χ2v) is 2.84. The van der Waals surface area contributed by atoms with E-state index in [4.69, 9.17) is 10.5 Å². The Hall–Kier alpha value is 0.500. The Morgan fingerprint density at radius 1 is 1.45 bits per heavy atom. The van der Waals surface area contributed by atoms with Crippen molar-refractivity contribution in [2.45, 2.75) is 25.8 Å². The molecule has 2 nitrogen and oxygen atoms in total. The van der Waals surface area contributed by atoms with Crippen LogP contribution in [-0.4, -0.2) is 19.3 Å². The average Bonchev–Trinajstić information content (AvgIpc) is 1.90. The first-order valence-corrected chi connectivity index (χ1v) is 3.64. The van der Waals surface area contributed by atoms with E-state index < -0.39 is 0 Å². The third kappa shape index (κ3) is 4.86. The van der Waals surface area contributed by atoms with Crippen molar-refractivity contribution in [3.8, 4) is 0 Å². The molecule has 4 heteroatoms. The minimum atomic E-state index is 0. The molecule has 0 aromatic rings. The average molecular weight is 202 g/mol. The standard InChI is InChI=1S/C7H15NO.2ClH/c1-6(8)7-3-2-4-9-5-7;;/h6-7H,2-5,8H2,1H3;2*1H. The predicted octanol–water partition coefficient (Wildman–Crippen LogP) is 1.60. The second kappa shape index (κ2) is 7.17. The van der Waals surface area contributed by atoms with Crippen molar-refractivity contribution in [2.75, 3.05) is 13.2 Å². The lowest BCUT2D eigenvalue weighted by molar-refractivity contribution is 0.0472. The number of halogens is 2. The van der Waals surface area contributed by atoms with Gasteiger partial charge < -0.3 is 10.5 Å². The van der Waals surface area contributed by atoms with Crippen LogP contribution in [0.15, 0.2) is 0 Å². The van der Waals surface area contributed by atoms with E-state index in [1.165, 1.54) is 12.8 Å². The molecule has 0 aliphatic carbocycles. The Balaban J connectivity index is 0. The van der Waals surface area contributed by atoms with Crippen molar-refractivity contribution in [1.82, 2.24) is 0 Å². The molecule has 1 aliphatic rings. The third-order valence-electron chi connectivity index (χ3n) is 1.94. The molecule has 0 bridgehead atoms. The molecule has 0 aromatic heterocycles. The van der Waals surface area contributed by atoms with Gasteiger partial charge in [0.05, 0.1) is 6.61 Å². The Morgan fingerprint density at radius 2 is 2.09 bits per heavy atom. The maximum absolute atomic E-state index is 5.69. The van der Waals surface area contributed by atoms with Crippen LogP contribution in [0.3, 0.4) is 0 Å². The smallest absolute Gasteiger partial charge is 0.0508 e. The summed E-state index contributed by atoms with van der Waals surface area (Å²) in [7, 11) is 0. The van der Waals surface area contributed by atoms with Gasteiger partial charge in [0.25, 0.3) is 0 Å². The van der Waals surface area contributed by atoms with Gasteiger partial charge in [0.2, 0.25) is 0 Å². The number of hydrogen-bond acceptors (Lipinski definition) is 2. The number of hydrogen-bond donors (Lipinski definition) is 1. The van der Waals surface area contributed by atoms with Crippen molar-refractivity contribution < 1.29 is 4.74 Å². The van der Waals surface area contributed by atoms with Crippen LogP contribution in [0.1, 0.15) is 19.8 Å². The van der Waals surface area contributed by atoms with Gasteiger partial charge in [-0.05, 0) is 25.7 Å². The zero-order valence-corrected chi connectivity index (χ0v) is 8.42. The number of nitrogens with two attached hydrogens (primary N) is 1. The molecule has 70 valence electrons. The summed E-state index contributed by atoms with van der Waals surface area (Å²) in [5.74, 6) is 0.610. The molecule has 11 heavy (non-hydrogen) atoms. The van der Waals surface area contributed by atoms with Crippen LogP contribution in [0.2, 0.25) is 0 Å². The SMILES string of the molecule is CC(N)C1CCCOC1.Cl.Cl. The van der Waals surface area contributed by atoms with Gasteiger partial charge in [0.1, 0.15) is 0 Å². The van der Waals surface area contributed by atoms with Crippen LogP contribution >= 0.6 is 24.8 Å². The Kier molecular flexibility index (Phi) is 9.15. The second-order valence-electron chi connectivity index (χ2n) is 2.84. The molecule has 0 amide bonds. The molecule has 1 heterocycles. The highest BCUT2D eigenvalue weighted by molar-refractivity contribution is 5.85. The van der Waals surface area contributed by atoms with Crippen LogP contribution in [0.25, 0.3) is 0 Å². The summed E-state index contributed by atoms with van der Waals surface area (Å²) in [6.45, 7) is 3.86. The van der Waals surface area contributed by atoms with Gasteiger partial charge in [-0.25, -0.2) is 0 Å². The van der Waals surface area contributed by atoms with Gasteiger partial charge in [0.15, 0.2) is 0 Å². The molecule has 1 saturated heterocycles. The summed E-state index contributed by atoms with van der Waals surface area (Å²) in [6, 6.07) is 0.310. The molecule has 1 fully saturated rings. The normalized spacial score (nSPS) is 26.2. The first kappa shape index (κ1) is 14.0. The van der Waals surface area contributed by atoms with E-state index >= 15 is 0 Å². The lowest BCUT2D eigenvalue weighted by Crippen LogP contribution is -2.33. The van der Waals surface area contributed by atoms with Crippen LogP contribution in [-0.2, 0) is 4.74 Å². The largest absolute Gasteiger partial charge is 0.381 e. The Morgan fingerprint density at radius 3 is 2.36 bits per heavy atom. The molecule has 0 saturated carbocycles. The lowest BCUT2D eigenvalue weighted by atomic mass is 9.96.